The number of carbonyl (C=O) groups excluding carboxylic acids is 1. The van der Waals surface area contributed by atoms with Crippen molar-refractivity contribution < 1.29 is 14.3 Å². The van der Waals surface area contributed by atoms with Crippen molar-refractivity contribution in [3.8, 4) is 16.9 Å². The van der Waals surface area contributed by atoms with E-state index in [1.165, 1.54) is 23.7 Å². The lowest BCUT2D eigenvalue weighted by atomic mass is 9.85. The molecule has 0 saturated carbocycles. The van der Waals surface area contributed by atoms with Gasteiger partial charge in [-0.05, 0) is 59.1 Å². The molecule has 1 N–H and O–H groups in total. The van der Waals surface area contributed by atoms with Gasteiger partial charge in [-0.15, -0.1) is 0 Å². The number of aromatic nitrogens is 1. The fourth-order valence-corrected chi connectivity index (χ4v) is 5.74. The Morgan fingerprint density at radius 1 is 1.34 bits per heavy atom. The molecule has 0 bridgehead atoms. The van der Waals surface area contributed by atoms with Crippen LogP contribution in [-0.4, -0.2) is 27.8 Å². The Morgan fingerprint density at radius 2 is 2.12 bits per heavy atom. The van der Waals surface area contributed by atoms with Gasteiger partial charge in [0.05, 0.1) is 5.02 Å². The molecule has 2 atom stereocenters. The van der Waals surface area contributed by atoms with Gasteiger partial charge < -0.3 is 10.0 Å². The average molecular weight is 467 g/mol. The molecule has 0 spiro atoms. The predicted octanol–water partition coefficient (Wildman–Crippen LogP) is 6.58. The summed E-state index contributed by atoms with van der Waals surface area (Å²) in [6.07, 6.45) is 1.82. The number of ketones is 1. The van der Waals surface area contributed by atoms with Crippen LogP contribution in [0.2, 0.25) is 5.02 Å². The number of allylic oxidation sites excluding steroid dienone is 1. The molecule has 2 heterocycles. The van der Waals surface area contributed by atoms with E-state index < -0.39 is 5.82 Å². The first kappa shape index (κ1) is 20.9. The summed E-state index contributed by atoms with van der Waals surface area (Å²) in [6.45, 7) is 6.30. The number of hydrogen-bond donors (Lipinski definition) is 1. The van der Waals surface area contributed by atoms with E-state index in [1.54, 1.807) is 12.1 Å². The number of halogens is 2. The zero-order chi connectivity index (χ0) is 22.6. The number of phenolic OH excluding ortho intramolecular Hbond substituents is 1. The number of fused-ring (bicyclic) bond motifs is 2. The molecule has 0 unspecified atom stereocenters. The van der Waals surface area contributed by atoms with Gasteiger partial charge in [0.15, 0.2) is 11.6 Å². The van der Waals surface area contributed by atoms with E-state index in [1.807, 2.05) is 24.3 Å². The van der Waals surface area contributed by atoms with Crippen LogP contribution in [-0.2, 0) is 4.79 Å². The van der Waals surface area contributed by atoms with Crippen molar-refractivity contribution in [2.24, 2.45) is 5.92 Å². The second-order valence-corrected chi connectivity index (χ2v) is 9.33. The molecular formula is C25H20ClFN2O2S. The predicted molar refractivity (Wildman–Crippen MR) is 129 cm³/mol. The van der Waals surface area contributed by atoms with Crippen molar-refractivity contribution in [3.05, 3.63) is 66.0 Å². The summed E-state index contributed by atoms with van der Waals surface area (Å²) < 4.78 is 20.2. The molecular weight excluding hydrogens is 447 g/mol. The molecule has 1 saturated heterocycles. The van der Waals surface area contributed by atoms with Gasteiger partial charge in [-0.25, -0.2) is 4.39 Å². The van der Waals surface area contributed by atoms with Crippen molar-refractivity contribution >= 4 is 55.6 Å². The van der Waals surface area contributed by atoms with E-state index >= 15 is 4.39 Å². The highest BCUT2D eigenvalue weighted by Crippen LogP contribution is 2.46. The van der Waals surface area contributed by atoms with Crippen LogP contribution in [0.4, 0.5) is 9.39 Å². The van der Waals surface area contributed by atoms with Crippen molar-refractivity contribution in [2.75, 3.05) is 11.4 Å². The molecule has 0 radical (unpaired) electrons. The zero-order valence-electron chi connectivity index (χ0n) is 17.3. The monoisotopic (exact) mass is 466 g/mol. The largest absolute Gasteiger partial charge is 0.508 e. The van der Waals surface area contributed by atoms with Gasteiger partial charge in [-0.3, -0.25) is 4.79 Å². The third-order valence-corrected chi connectivity index (χ3v) is 7.52. The van der Waals surface area contributed by atoms with Crippen molar-refractivity contribution in [2.45, 2.75) is 19.4 Å². The summed E-state index contributed by atoms with van der Waals surface area (Å²) in [6, 6.07) is 12.5. The first-order chi connectivity index (χ1) is 15.4. The summed E-state index contributed by atoms with van der Waals surface area (Å²) in [5, 5.41) is 13.6. The summed E-state index contributed by atoms with van der Waals surface area (Å²) in [5.74, 6) is -0.191. The maximum atomic E-state index is 15.8. The van der Waals surface area contributed by atoms with Crippen LogP contribution in [0.15, 0.2) is 55.1 Å². The Morgan fingerprint density at radius 3 is 2.88 bits per heavy atom. The SMILES string of the molecule is C=CC(=O)C[C@H]1CN(c2snc3c(F)c(-c4cc(O)cc5ccccc45)c(Cl)cc23)[C@@H]1C. The normalized spacial score (nSPS) is 18.2. The van der Waals surface area contributed by atoms with E-state index in [4.69, 9.17) is 11.6 Å². The van der Waals surface area contributed by atoms with Crippen LogP contribution in [0.25, 0.3) is 32.8 Å². The molecule has 32 heavy (non-hydrogen) atoms. The van der Waals surface area contributed by atoms with Crippen LogP contribution >= 0.6 is 23.1 Å². The summed E-state index contributed by atoms with van der Waals surface area (Å²) in [7, 11) is 0. The zero-order valence-corrected chi connectivity index (χ0v) is 18.9. The van der Waals surface area contributed by atoms with Crippen molar-refractivity contribution in [1.82, 2.24) is 4.37 Å². The first-order valence-electron chi connectivity index (χ1n) is 10.3. The molecule has 0 amide bonds. The highest BCUT2D eigenvalue weighted by atomic mass is 35.5. The number of nitrogens with zero attached hydrogens (tertiary/aromatic N) is 2. The van der Waals surface area contributed by atoms with Gasteiger partial charge >= 0.3 is 0 Å². The number of hydrogen-bond acceptors (Lipinski definition) is 5. The Hall–Kier alpha value is -2.96. The maximum Gasteiger partial charge on any atom is 0.159 e. The summed E-state index contributed by atoms with van der Waals surface area (Å²) in [4.78, 5) is 13.9. The van der Waals surface area contributed by atoms with E-state index in [2.05, 4.69) is 22.8 Å². The van der Waals surface area contributed by atoms with Crippen LogP contribution in [0.3, 0.4) is 0 Å². The lowest BCUT2D eigenvalue weighted by Crippen LogP contribution is -2.55. The fourth-order valence-electron chi connectivity index (χ4n) is 4.49. The Labute approximate surface area is 193 Å². The smallest absolute Gasteiger partial charge is 0.159 e. The van der Waals surface area contributed by atoms with Crippen molar-refractivity contribution in [1.29, 1.82) is 0 Å². The van der Waals surface area contributed by atoms with Gasteiger partial charge in [-0.2, -0.15) is 4.37 Å². The number of benzene rings is 3. The average Bonchev–Trinajstić information content (AvgIpc) is 3.18. The summed E-state index contributed by atoms with van der Waals surface area (Å²) >= 11 is 7.86. The second-order valence-electron chi connectivity index (χ2n) is 8.17. The Balaban J connectivity index is 1.59. The molecule has 162 valence electrons. The van der Waals surface area contributed by atoms with E-state index in [9.17, 15) is 9.90 Å². The lowest BCUT2D eigenvalue weighted by Gasteiger charge is -2.47. The molecule has 3 aromatic carbocycles. The molecule has 7 heteroatoms. The first-order valence-corrected chi connectivity index (χ1v) is 11.5. The van der Waals surface area contributed by atoms with E-state index in [0.717, 1.165) is 15.8 Å². The van der Waals surface area contributed by atoms with E-state index in [0.29, 0.717) is 23.9 Å². The standard InChI is InChI=1S/C25H20ClFN2O2S/c1-3-16(30)9-15-12-29(13(15)2)25-20-11-21(26)22(23(27)24(20)28-32-25)19-10-17(31)8-14-6-4-5-7-18(14)19/h3-8,10-11,13,15,31H,1,9,12H2,2H3/t13-,15+/m1/s1. The summed E-state index contributed by atoms with van der Waals surface area (Å²) in [5.41, 5.74) is 1.02. The minimum Gasteiger partial charge on any atom is -0.508 e. The minimum atomic E-state index is -0.502. The van der Waals surface area contributed by atoms with Crippen LogP contribution in [0.1, 0.15) is 13.3 Å². The maximum absolute atomic E-state index is 15.8. The van der Waals surface area contributed by atoms with Gasteiger partial charge in [0.25, 0.3) is 0 Å². The van der Waals surface area contributed by atoms with Crippen LogP contribution < -0.4 is 4.90 Å². The van der Waals surface area contributed by atoms with E-state index in [-0.39, 0.29) is 39.6 Å². The van der Waals surface area contributed by atoms with Gasteiger partial charge in [0.1, 0.15) is 16.3 Å². The number of carbonyl (C=O) groups is 1. The van der Waals surface area contributed by atoms with Gasteiger partial charge in [0, 0.05) is 35.9 Å². The molecule has 1 aromatic heterocycles. The Kier molecular flexibility index (Phi) is 5.14. The number of phenols is 1. The molecule has 0 aliphatic carbocycles. The number of aromatic hydroxyl groups is 1. The second kappa shape index (κ2) is 7.87. The minimum absolute atomic E-state index is 0.0349. The lowest BCUT2D eigenvalue weighted by molar-refractivity contribution is -0.115. The highest BCUT2D eigenvalue weighted by molar-refractivity contribution is 7.11. The Bertz CT molecular complexity index is 1400. The van der Waals surface area contributed by atoms with Crippen LogP contribution in [0, 0.1) is 11.7 Å². The van der Waals surface area contributed by atoms with Gasteiger partial charge in [-0.1, -0.05) is 42.4 Å². The van der Waals surface area contributed by atoms with Crippen LogP contribution in [0.5, 0.6) is 5.75 Å². The van der Waals surface area contributed by atoms with Gasteiger partial charge in [0.2, 0.25) is 0 Å². The quantitative estimate of drug-likeness (QED) is 0.337. The van der Waals surface area contributed by atoms with Crippen molar-refractivity contribution in [3.63, 3.8) is 0 Å². The fraction of sp³-hybridized carbons (Fsp3) is 0.200. The third kappa shape index (κ3) is 3.26. The third-order valence-electron chi connectivity index (χ3n) is 6.32. The molecule has 1 fully saturated rings. The molecule has 5 rings (SSSR count). The molecule has 4 aromatic rings. The molecule has 1 aliphatic rings. The number of anilines is 1. The molecule has 4 nitrogen and oxygen atoms in total. The topological polar surface area (TPSA) is 53.4 Å². The molecule has 1 aliphatic heterocycles. The highest BCUT2D eigenvalue weighted by Gasteiger charge is 2.38. The number of rotatable bonds is 5.